The molecule has 1 aromatic heterocycles. The second-order valence-corrected chi connectivity index (χ2v) is 5.90. The Morgan fingerprint density at radius 3 is 2.46 bits per heavy atom. The quantitative estimate of drug-likeness (QED) is 0.669. The number of carbonyl (C=O) groups excluding carboxylic acids is 1. The first-order valence-electron chi connectivity index (χ1n) is 8.02. The Hall–Kier alpha value is -3.02. The standard InChI is InChI=1S/C20H17F3N2O/c1-2-19(26)24-12-17-11-15-5-3-4-6-18(15)25(17)13-14-7-9-16(10-8-14)20(21,22)23/h2-11H,1,12-13H2,(H,24,26). The Balaban J connectivity index is 1.92. The van der Waals surface area contributed by atoms with Crippen molar-refractivity contribution in [3.8, 4) is 0 Å². The largest absolute Gasteiger partial charge is 0.416 e. The topological polar surface area (TPSA) is 34.0 Å². The van der Waals surface area contributed by atoms with Crippen LogP contribution >= 0.6 is 0 Å². The number of nitrogens with one attached hydrogen (secondary N) is 1. The number of hydrogen-bond acceptors (Lipinski definition) is 1. The molecule has 26 heavy (non-hydrogen) atoms. The predicted molar refractivity (Wildman–Crippen MR) is 94.5 cm³/mol. The fraction of sp³-hybridized carbons (Fsp3) is 0.150. The number of halogens is 3. The van der Waals surface area contributed by atoms with Crippen LogP contribution in [0.1, 0.15) is 16.8 Å². The summed E-state index contributed by atoms with van der Waals surface area (Å²) in [6.45, 7) is 4.14. The van der Waals surface area contributed by atoms with Gasteiger partial charge in [0, 0.05) is 17.8 Å². The van der Waals surface area contributed by atoms with Crippen molar-refractivity contribution in [2.45, 2.75) is 19.3 Å². The molecule has 134 valence electrons. The number of amides is 1. The third kappa shape index (κ3) is 3.79. The van der Waals surface area contributed by atoms with Crippen molar-refractivity contribution in [3.05, 3.63) is 84.1 Å². The van der Waals surface area contributed by atoms with Crippen LogP contribution in [-0.4, -0.2) is 10.5 Å². The fourth-order valence-corrected chi connectivity index (χ4v) is 2.83. The Kier molecular flexibility index (Phi) is 4.84. The van der Waals surface area contributed by atoms with E-state index in [1.807, 2.05) is 34.9 Å². The number of para-hydroxylation sites is 1. The highest BCUT2D eigenvalue weighted by atomic mass is 19.4. The first kappa shape index (κ1) is 17.8. The number of nitrogens with zero attached hydrogens (tertiary/aromatic N) is 1. The Labute approximate surface area is 148 Å². The average molecular weight is 358 g/mol. The van der Waals surface area contributed by atoms with Crippen LogP contribution < -0.4 is 5.32 Å². The second-order valence-electron chi connectivity index (χ2n) is 5.90. The van der Waals surface area contributed by atoms with E-state index >= 15 is 0 Å². The van der Waals surface area contributed by atoms with Gasteiger partial charge < -0.3 is 9.88 Å². The van der Waals surface area contributed by atoms with Gasteiger partial charge in [-0.15, -0.1) is 0 Å². The third-order valence-corrected chi connectivity index (χ3v) is 4.15. The van der Waals surface area contributed by atoms with Crippen molar-refractivity contribution in [1.29, 1.82) is 0 Å². The minimum absolute atomic E-state index is 0.281. The molecule has 1 heterocycles. The molecule has 0 unspecified atom stereocenters. The van der Waals surface area contributed by atoms with E-state index in [0.29, 0.717) is 13.1 Å². The monoisotopic (exact) mass is 358 g/mol. The molecule has 0 bridgehead atoms. The molecule has 3 rings (SSSR count). The number of aromatic nitrogens is 1. The molecule has 0 aliphatic heterocycles. The fourth-order valence-electron chi connectivity index (χ4n) is 2.83. The van der Waals surface area contributed by atoms with Crippen LogP contribution in [0.5, 0.6) is 0 Å². The minimum Gasteiger partial charge on any atom is -0.347 e. The van der Waals surface area contributed by atoms with Crippen molar-refractivity contribution in [2.24, 2.45) is 0 Å². The lowest BCUT2D eigenvalue weighted by Gasteiger charge is -2.13. The van der Waals surface area contributed by atoms with E-state index in [0.717, 1.165) is 34.3 Å². The summed E-state index contributed by atoms with van der Waals surface area (Å²) in [6, 6.07) is 14.8. The van der Waals surface area contributed by atoms with Gasteiger partial charge in [0.05, 0.1) is 12.1 Å². The van der Waals surface area contributed by atoms with Gasteiger partial charge in [0.2, 0.25) is 5.91 Å². The lowest BCUT2D eigenvalue weighted by atomic mass is 10.1. The summed E-state index contributed by atoms with van der Waals surface area (Å²) >= 11 is 0. The maximum Gasteiger partial charge on any atom is 0.416 e. The molecule has 2 aromatic carbocycles. The van der Waals surface area contributed by atoms with E-state index in [-0.39, 0.29) is 5.91 Å². The molecule has 1 amide bonds. The van der Waals surface area contributed by atoms with E-state index < -0.39 is 11.7 Å². The molecule has 0 atom stereocenters. The highest BCUT2D eigenvalue weighted by Gasteiger charge is 2.29. The molecule has 0 aliphatic carbocycles. The number of hydrogen-bond donors (Lipinski definition) is 1. The Morgan fingerprint density at radius 2 is 1.81 bits per heavy atom. The van der Waals surface area contributed by atoms with Crippen LogP contribution in [0.25, 0.3) is 10.9 Å². The van der Waals surface area contributed by atoms with Crippen LogP contribution in [0.15, 0.2) is 67.3 Å². The average Bonchev–Trinajstić information content (AvgIpc) is 2.97. The minimum atomic E-state index is -4.35. The zero-order valence-corrected chi connectivity index (χ0v) is 13.9. The van der Waals surface area contributed by atoms with Gasteiger partial charge in [0.15, 0.2) is 0 Å². The van der Waals surface area contributed by atoms with Crippen LogP contribution in [0.4, 0.5) is 13.2 Å². The van der Waals surface area contributed by atoms with Gasteiger partial charge in [-0.05, 0) is 41.3 Å². The summed E-state index contributed by atoms with van der Waals surface area (Å²) in [6.07, 6.45) is -3.15. The van der Waals surface area contributed by atoms with Crippen LogP contribution in [-0.2, 0) is 24.1 Å². The maximum absolute atomic E-state index is 12.7. The number of rotatable bonds is 5. The predicted octanol–water partition coefficient (Wildman–Crippen LogP) is 4.51. The van der Waals surface area contributed by atoms with Crippen molar-refractivity contribution >= 4 is 16.8 Å². The molecular formula is C20H17F3N2O. The lowest BCUT2D eigenvalue weighted by Crippen LogP contribution is -2.22. The van der Waals surface area contributed by atoms with Crippen molar-refractivity contribution in [1.82, 2.24) is 9.88 Å². The van der Waals surface area contributed by atoms with E-state index in [1.165, 1.54) is 18.2 Å². The summed E-state index contributed by atoms with van der Waals surface area (Å²) in [4.78, 5) is 11.5. The van der Waals surface area contributed by atoms with Crippen LogP contribution in [0.3, 0.4) is 0 Å². The molecule has 3 aromatic rings. The van der Waals surface area contributed by atoms with Crippen molar-refractivity contribution in [2.75, 3.05) is 0 Å². The first-order valence-corrected chi connectivity index (χ1v) is 8.02. The van der Waals surface area contributed by atoms with E-state index in [1.54, 1.807) is 0 Å². The van der Waals surface area contributed by atoms with Gasteiger partial charge in [0.1, 0.15) is 0 Å². The zero-order valence-electron chi connectivity index (χ0n) is 13.9. The SMILES string of the molecule is C=CC(=O)NCc1cc2ccccc2n1Cc1ccc(C(F)(F)F)cc1. The van der Waals surface area contributed by atoms with Crippen molar-refractivity contribution in [3.63, 3.8) is 0 Å². The number of carbonyl (C=O) groups is 1. The molecule has 0 fully saturated rings. The Bertz CT molecular complexity index is 940. The van der Waals surface area contributed by atoms with Crippen LogP contribution in [0.2, 0.25) is 0 Å². The highest BCUT2D eigenvalue weighted by Crippen LogP contribution is 2.29. The molecule has 0 saturated carbocycles. The summed E-state index contributed by atoms with van der Waals surface area (Å²) in [5.74, 6) is -0.281. The lowest BCUT2D eigenvalue weighted by molar-refractivity contribution is -0.137. The van der Waals surface area contributed by atoms with Gasteiger partial charge in [-0.2, -0.15) is 13.2 Å². The summed E-state index contributed by atoms with van der Waals surface area (Å²) in [5, 5.41) is 3.74. The molecular weight excluding hydrogens is 341 g/mol. The van der Waals surface area contributed by atoms with Gasteiger partial charge in [-0.3, -0.25) is 4.79 Å². The molecule has 3 nitrogen and oxygen atoms in total. The normalized spacial score (nSPS) is 11.5. The zero-order chi connectivity index (χ0) is 18.7. The van der Waals surface area contributed by atoms with Gasteiger partial charge in [-0.25, -0.2) is 0 Å². The maximum atomic E-state index is 12.7. The third-order valence-electron chi connectivity index (χ3n) is 4.15. The molecule has 0 spiro atoms. The van der Waals surface area contributed by atoms with E-state index in [4.69, 9.17) is 0 Å². The first-order chi connectivity index (χ1) is 12.4. The van der Waals surface area contributed by atoms with Gasteiger partial charge >= 0.3 is 6.18 Å². The molecule has 1 N–H and O–H groups in total. The smallest absolute Gasteiger partial charge is 0.347 e. The van der Waals surface area contributed by atoms with Gasteiger partial charge in [-0.1, -0.05) is 36.9 Å². The Morgan fingerprint density at radius 1 is 1.12 bits per heavy atom. The van der Waals surface area contributed by atoms with E-state index in [2.05, 4.69) is 11.9 Å². The summed E-state index contributed by atoms with van der Waals surface area (Å²) in [5.41, 5.74) is 1.89. The van der Waals surface area contributed by atoms with Crippen LogP contribution in [0, 0.1) is 0 Å². The number of benzene rings is 2. The van der Waals surface area contributed by atoms with Crippen molar-refractivity contribution < 1.29 is 18.0 Å². The highest BCUT2D eigenvalue weighted by molar-refractivity contribution is 5.87. The van der Waals surface area contributed by atoms with E-state index in [9.17, 15) is 18.0 Å². The molecule has 0 aliphatic rings. The number of alkyl halides is 3. The molecule has 0 saturated heterocycles. The summed E-state index contributed by atoms with van der Waals surface area (Å²) < 4.78 is 40.2. The molecule has 0 radical (unpaired) electrons. The van der Waals surface area contributed by atoms with Gasteiger partial charge in [0.25, 0.3) is 0 Å². The summed E-state index contributed by atoms with van der Waals surface area (Å²) in [7, 11) is 0. The molecule has 6 heteroatoms. The number of fused-ring (bicyclic) bond motifs is 1. The second kappa shape index (κ2) is 7.07.